The van der Waals surface area contributed by atoms with Gasteiger partial charge in [-0.05, 0) is 23.5 Å². The summed E-state index contributed by atoms with van der Waals surface area (Å²) in [7, 11) is 1.73. The van der Waals surface area contributed by atoms with Crippen molar-refractivity contribution in [1.82, 2.24) is 24.6 Å². The van der Waals surface area contributed by atoms with Gasteiger partial charge in [0.1, 0.15) is 18.3 Å². The molecule has 0 saturated heterocycles. The third kappa shape index (κ3) is 4.13. The minimum atomic E-state index is -0.265. The van der Waals surface area contributed by atoms with Crippen LogP contribution in [-0.2, 0) is 24.8 Å². The summed E-state index contributed by atoms with van der Waals surface area (Å²) in [4.78, 5) is 29.4. The molecule has 3 aromatic rings. The first-order valence-electron chi connectivity index (χ1n) is 9.66. The lowest BCUT2D eigenvalue weighted by molar-refractivity contribution is -0.122. The van der Waals surface area contributed by atoms with Crippen LogP contribution in [0.5, 0.6) is 0 Å². The molecule has 0 spiro atoms. The highest BCUT2D eigenvalue weighted by atomic mass is 16.2. The second kappa shape index (κ2) is 8.37. The van der Waals surface area contributed by atoms with Crippen LogP contribution >= 0.6 is 0 Å². The van der Waals surface area contributed by atoms with E-state index >= 15 is 0 Å². The molecule has 2 aromatic heterocycles. The number of rotatable bonds is 7. The fraction of sp³-hybridized carbons (Fsp3) is 0.429. The summed E-state index contributed by atoms with van der Waals surface area (Å²) in [6, 6.07) is 8.27. The van der Waals surface area contributed by atoms with Gasteiger partial charge in [-0.25, -0.2) is 4.98 Å². The molecular weight excluding hydrogens is 354 g/mol. The average Bonchev–Trinajstić information content (AvgIpc) is 3.04. The third-order valence-electron chi connectivity index (χ3n) is 4.89. The molecule has 3 rings (SSSR count). The first-order valence-corrected chi connectivity index (χ1v) is 9.66. The third-order valence-corrected chi connectivity index (χ3v) is 4.89. The molecule has 7 nitrogen and oxygen atoms in total. The van der Waals surface area contributed by atoms with Crippen molar-refractivity contribution in [3.63, 3.8) is 0 Å². The maximum atomic E-state index is 12.6. The summed E-state index contributed by atoms with van der Waals surface area (Å²) in [6.07, 6.45) is 5.03. The quantitative estimate of drug-likeness (QED) is 0.682. The van der Waals surface area contributed by atoms with E-state index in [1.807, 2.05) is 0 Å². The lowest BCUT2D eigenvalue weighted by Gasteiger charge is -2.23. The molecule has 1 N–H and O–H groups in total. The van der Waals surface area contributed by atoms with Crippen LogP contribution < -0.4 is 10.9 Å². The molecule has 7 heteroatoms. The Morgan fingerprint density at radius 1 is 1.21 bits per heavy atom. The normalized spacial score (nSPS) is 12.5. The minimum Gasteiger partial charge on any atom is -0.347 e. The van der Waals surface area contributed by atoms with Gasteiger partial charge in [0.25, 0.3) is 5.56 Å². The van der Waals surface area contributed by atoms with E-state index in [1.54, 1.807) is 7.05 Å². The minimum absolute atomic E-state index is 0.0756. The van der Waals surface area contributed by atoms with Crippen LogP contribution in [0.3, 0.4) is 0 Å². The van der Waals surface area contributed by atoms with Crippen LogP contribution in [-0.4, -0.2) is 25.2 Å². The first kappa shape index (κ1) is 19.8. The second-order valence-electron chi connectivity index (χ2n) is 7.46. The lowest BCUT2D eigenvalue weighted by atomic mass is 9.94. The first-order chi connectivity index (χ1) is 13.4. The fourth-order valence-corrected chi connectivity index (χ4v) is 3.37. The highest BCUT2D eigenvalue weighted by Crippen LogP contribution is 2.22. The molecule has 0 radical (unpaired) electrons. The van der Waals surface area contributed by atoms with Gasteiger partial charge in [0.2, 0.25) is 5.91 Å². The van der Waals surface area contributed by atoms with Gasteiger partial charge in [-0.15, -0.1) is 0 Å². The van der Waals surface area contributed by atoms with Gasteiger partial charge in [-0.1, -0.05) is 51.5 Å². The van der Waals surface area contributed by atoms with Gasteiger partial charge in [0.05, 0.1) is 12.2 Å². The lowest BCUT2D eigenvalue weighted by Crippen LogP contribution is -2.36. The van der Waals surface area contributed by atoms with E-state index in [2.05, 4.69) is 60.4 Å². The van der Waals surface area contributed by atoms with Gasteiger partial charge in [-0.2, -0.15) is 5.10 Å². The Balaban J connectivity index is 1.76. The van der Waals surface area contributed by atoms with Crippen LogP contribution in [0.2, 0.25) is 0 Å². The Hall–Kier alpha value is -2.96. The maximum absolute atomic E-state index is 12.6. The molecule has 0 aliphatic rings. The topological polar surface area (TPSA) is 81.8 Å². The smallest absolute Gasteiger partial charge is 0.264 e. The van der Waals surface area contributed by atoms with Crippen LogP contribution in [0.1, 0.15) is 44.4 Å². The zero-order valence-corrected chi connectivity index (χ0v) is 16.8. The van der Waals surface area contributed by atoms with Crippen molar-refractivity contribution in [3.05, 3.63) is 58.3 Å². The summed E-state index contributed by atoms with van der Waals surface area (Å²) >= 11 is 0. The molecular formula is C21H27N5O2. The Labute approximate surface area is 164 Å². The summed E-state index contributed by atoms with van der Waals surface area (Å²) in [5.74, 6) is 0.0000932. The Morgan fingerprint density at radius 3 is 2.57 bits per heavy atom. The van der Waals surface area contributed by atoms with Crippen molar-refractivity contribution in [3.8, 4) is 0 Å². The van der Waals surface area contributed by atoms with Crippen LogP contribution in [0.15, 0.2) is 41.6 Å². The molecule has 0 saturated carbocycles. The van der Waals surface area contributed by atoms with Crippen molar-refractivity contribution in [2.45, 2.75) is 46.2 Å². The summed E-state index contributed by atoms with van der Waals surface area (Å²) < 4.78 is 2.86. The molecule has 1 amide bonds. The van der Waals surface area contributed by atoms with Crippen molar-refractivity contribution < 1.29 is 4.79 Å². The number of benzene rings is 1. The van der Waals surface area contributed by atoms with Gasteiger partial charge in [0.15, 0.2) is 5.65 Å². The van der Waals surface area contributed by atoms with E-state index in [9.17, 15) is 9.59 Å². The summed E-state index contributed by atoms with van der Waals surface area (Å²) in [5, 5.41) is 7.52. The van der Waals surface area contributed by atoms with Crippen LogP contribution in [0, 0.1) is 5.92 Å². The number of hydrogen-bond acceptors (Lipinski definition) is 4. The predicted molar refractivity (Wildman–Crippen MR) is 109 cm³/mol. The standard InChI is InChI=1S/C21H27N5O2/c1-5-6-15-7-9-16(10-8-15)19(14(2)3)24-18(27)12-26-13-22-20-17(21(26)28)11-23-25(20)4/h7-11,13-14,19H,5-6,12H2,1-4H3,(H,24,27). The largest absolute Gasteiger partial charge is 0.347 e. The van der Waals surface area contributed by atoms with Crippen molar-refractivity contribution in [2.75, 3.05) is 0 Å². The number of carbonyl (C=O) groups is 1. The highest BCUT2D eigenvalue weighted by Gasteiger charge is 2.19. The summed E-state index contributed by atoms with van der Waals surface area (Å²) in [6.45, 7) is 6.22. The Kier molecular flexibility index (Phi) is 5.92. The van der Waals surface area contributed by atoms with Crippen molar-refractivity contribution in [1.29, 1.82) is 0 Å². The van der Waals surface area contributed by atoms with E-state index in [0.717, 1.165) is 18.4 Å². The Morgan fingerprint density at radius 2 is 1.93 bits per heavy atom. The molecule has 0 bridgehead atoms. The molecule has 1 aromatic carbocycles. The van der Waals surface area contributed by atoms with Gasteiger partial charge < -0.3 is 5.32 Å². The Bertz CT molecular complexity index is 1020. The van der Waals surface area contributed by atoms with Gasteiger partial charge in [0, 0.05) is 7.05 Å². The van der Waals surface area contributed by atoms with Crippen LogP contribution in [0.4, 0.5) is 0 Å². The van der Waals surface area contributed by atoms with Crippen molar-refractivity contribution in [2.24, 2.45) is 13.0 Å². The zero-order valence-electron chi connectivity index (χ0n) is 16.8. The number of nitrogens with one attached hydrogen (secondary N) is 1. The van der Waals surface area contributed by atoms with Crippen molar-refractivity contribution >= 4 is 16.9 Å². The number of hydrogen-bond donors (Lipinski definition) is 1. The molecule has 0 aliphatic heterocycles. The number of carbonyl (C=O) groups excluding carboxylic acids is 1. The molecule has 0 aliphatic carbocycles. The molecule has 1 atom stereocenters. The number of aryl methyl sites for hydroxylation is 2. The van der Waals surface area contributed by atoms with E-state index in [0.29, 0.717) is 11.0 Å². The molecule has 28 heavy (non-hydrogen) atoms. The summed E-state index contributed by atoms with van der Waals surface area (Å²) in [5.41, 5.74) is 2.60. The average molecular weight is 381 g/mol. The number of nitrogens with zero attached hydrogens (tertiary/aromatic N) is 4. The second-order valence-corrected chi connectivity index (χ2v) is 7.46. The van der Waals surface area contributed by atoms with E-state index in [-0.39, 0.29) is 30.0 Å². The highest BCUT2D eigenvalue weighted by molar-refractivity contribution is 5.77. The molecule has 0 fully saturated rings. The molecule has 2 heterocycles. The molecule has 148 valence electrons. The number of aromatic nitrogens is 4. The predicted octanol–water partition coefficient (Wildman–Crippen LogP) is 2.60. The van der Waals surface area contributed by atoms with E-state index in [4.69, 9.17) is 0 Å². The van der Waals surface area contributed by atoms with E-state index in [1.165, 1.54) is 27.3 Å². The van der Waals surface area contributed by atoms with Gasteiger partial charge >= 0.3 is 0 Å². The fourth-order valence-electron chi connectivity index (χ4n) is 3.37. The monoisotopic (exact) mass is 381 g/mol. The van der Waals surface area contributed by atoms with Crippen LogP contribution in [0.25, 0.3) is 11.0 Å². The van der Waals surface area contributed by atoms with E-state index < -0.39 is 0 Å². The number of fused-ring (bicyclic) bond motifs is 1. The SMILES string of the molecule is CCCc1ccc(C(NC(=O)Cn2cnc3c(cnn3C)c2=O)C(C)C)cc1. The maximum Gasteiger partial charge on any atom is 0.264 e. The molecule has 1 unspecified atom stereocenters. The number of amides is 1. The zero-order chi connectivity index (χ0) is 20.3. The van der Waals surface area contributed by atoms with Gasteiger partial charge in [-0.3, -0.25) is 18.8 Å².